The Balaban J connectivity index is 1.83. The Bertz CT molecular complexity index is 255. The van der Waals surface area contributed by atoms with Gasteiger partial charge in [0.2, 0.25) is 5.91 Å². The highest BCUT2D eigenvalue weighted by molar-refractivity contribution is 5.79. The van der Waals surface area contributed by atoms with Crippen molar-refractivity contribution in [1.82, 2.24) is 15.1 Å². The molecule has 17 heavy (non-hydrogen) atoms. The summed E-state index contributed by atoms with van der Waals surface area (Å²) in [4.78, 5) is 16.8. The summed E-state index contributed by atoms with van der Waals surface area (Å²) in [5.41, 5.74) is 0. The molecule has 2 fully saturated rings. The van der Waals surface area contributed by atoms with Crippen LogP contribution in [0.25, 0.3) is 0 Å². The highest BCUT2D eigenvalue weighted by Crippen LogP contribution is 2.19. The second-order valence-electron chi connectivity index (χ2n) is 5.30. The fourth-order valence-corrected chi connectivity index (χ4v) is 2.96. The minimum absolute atomic E-state index is 0.226. The van der Waals surface area contributed by atoms with Crippen molar-refractivity contribution < 1.29 is 4.79 Å². The molecule has 0 aromatic rings. The van der Waals surface area contributed by atoms with Crippen molar-refractivity contribution in [3.8, 4) is 0 Å². The number of hydrogen-bond donors (Lipinski definition) is 1. The van der Waals surface area contributed by atoms with Crippen molar-refractivity contribution in [2.24, 2.45) is 5.92 Å². The Morgan fingerprint density at radius 3 is 2.59 bits per heavy atom. The topological polar surface area (TPSA) is 35.6 Å². The highest BCUT2D eigenvalue weighted by atomic mass is 16.2. The largest absolute Gasteiger partial charge is 0.342 e. The molecular formula is C13H25N3O. The van der Waals surface area contributed by atoms with Crippen LogP contribution in [0.3, 0.4) is 0 Å². The lowest BCUT2D eigenvalue weighted by atomic mass is 10.0. The van der Waals surface area contributed by atoms with Crippen LogP contribution in [0.15, 0.2) is 0 Å². The molecular weight excluding hydrogens is 214 g/mol. The van der Waals surface area contributed by atoms with Gasteiger partial charge in [-0.05, 0) is 32.4 Å². The van der Waals surface area contributed by atoms with Crippen LogP contribution in [0.5, 0.6) is 0 Å². The molecule has 0 spiro atoms. The van der Waals surface area contributed by atoms with Crippen LogP contribution in [0.1, 0.15) is 26.2 Å². The second kappa shape index (κ2) is 5.83. The monoisotopic (exact) mass is 239 g/mol. The molecule has 0 radical (unpaired) electrons. The number of nitrogens with zero attached hydrogens (tertiary/aromatic N) is 2. The number of piperidine rings is 1. The van der Waals surface area contributed by atoms with Crippen molar-refractivity contribution in [2.75, 3.05) is 39.8 Å². The first-order chi connectivity index (χ1) is 8.22. The number of carbonyl (C=O) groups is 1. The summed E-state index contributed by atoms with van der Waals surface area (Å²) in [7, 11) is 1.99. The molecule has 1 atom stereocenters. The van der Waals surface area contributed by atoms with E-state index < -0.39 is 0 Å². The molecule has 2 aliphatic heterocycles. The van der Waals surface area contributed by atoms with Crippen LogP contribution < -0.4 is 5.32 Å². The summed E-state index contributed by atoms with van der Waals surface area (Å²) >= 11 is 0. The number of amides is 1. The first-order valence-electron chi connectivity index (χ1n) is 6.92. The van der Waals surface area contributed by atoms with Gasteiger partial charge in [-0.25, -0.2) is 0 Å². The molecule has 1 amide bonds. The van der Waals surface area contributed by atoms with Gasteiger partial charge >= 0.3 is 0 Å². The van der Waals surface area contributed by atoms with E-state index in [1.807, 2.05) is 11.9 Å². The Kier molecular flexibility index (Phi) is 4.40. The average Bonchev–Trinajstić information content (AvgIpc) is 2.91. The van der Waals surface area contributed by atoms with E-state index in [1.54, 1.807) is 0 Å². The third-order valence-corrected chi connectivity index (χ3v) is 4.31. The summed E-state index contributed by atoms with van der Waals surface area (Å²) in [6.45, 7) is 7.50. The standard InChI is InChI=1S/C13H25N3O/c1-3-16-8-5-12(6-9-16)15(2)13(17)11-4-7-14-10-11/h11-12,14H,3-10H2,1-2H3. The van der Waals surface area contributed by atoms with Crippen molar-refractivity contribution in [3.05, 3.63) is 0 Å². The van der Waals surface area contributed by atoms with Gasteiger partial charge in [0.1, 0.15) is 0 Å². The number of hydrogen-bond acceptors (Lipinski definition) is 3. The first kappa shape index (κ1) is 12.8. The van der Waals surface area contributed by atoms with Crippen LogP contribution in [0.4, 0.5) is 0 Å². The maximum atomic E-state index is 12.3. The lowest BCUT2D eigenvalue weighted by molar-refractivity contribution is -0.136. The van der Waals surface area contributed by atoms with Gasteiger partial charge in [-0.3, -0.25) is 4.79 Å². The predicted molar refractivity (Wildman–Crippen MR) is 68.9 cm³/mol. The van der Waals surface area contributed by atoms with Gasteiger partial charge in [0, 0.05) is 32.7 Å². The van der Waals surface area contributed by atoms with Gasteiger partial charge in [-0.2, -0.15) is 0 Å². The molecule has 98 valence electrons. The van der Waals surface area contributed by atoms with E-state index >= 15 is 0 Å². The fourth-order valence-electron chi connectivity index (χ4n) is 2.96. The van der Waals surface area contributed by atoms with Crippen molar-refractivity contribution in [3.63, 3.8) is 0 Å². The maximum absolute atomic E-state index is 12.3. The van der Waals surface area contributed by atoms with Gasteiger partial charge in [0.15, 0.2) is 0 Å². The van der Waals surface area contributed by atoms with Crippen molar-refractivity contribution in [2.45, 2.75) is 32.2 Å². The lowest BCUT2D eigenvalue weighted by Crippen LogP contribution is -2.47. The minimum Gasteiger partial charge on any atom is -0.342 e. The Morgan fingerprint density at radius 1 is 1.35 bits per heavy atom. The van der Waals surface area contributed by atoms with E-state index in [0.717, 1.165) is 52.0 Å². The van der Waals surface area contributed by atoms with E-state index in [9.17, 15) is 4.79 Å². The van der Waals surface area contributed by atoms with Gasteiger partial charge in [0.05, 0.1) is 5.92 Å². The zero-order valence-corrected chi connectivity index (χ0v) is 11.1. The molecule has 2 saturated heterocycles. The highest BCUT2D eigenvalue weighted by Gasteiger charge is 2.30. The van der Waals surface area contributed by atoms with E-state index in [1.165, 1.54) is 0 Å². The van der Waals surface area contributed by atoms with E-state index in [4.69, 9.17) is 0 Å². The molecule has 0 aliphatic carbocycles. The molecule has 4 heteroatoms. The zero-order chi connectivity index (χ0) is 12.3. The molecule has 0 aromatic heterocycles. The molecule has 0 aromatic carbocycles. The number of nitrogens with one attached hydrogen (secondary N) is 1. The summed E-state index contributed by atoms with van der Waals surface area (Å²) in [5.74, 6) is 0.578. The van der Waals surface area contributed by atoms with Gasteiger partial charge < -0.3 is 15.1 Å². The third kappa shape index (κ3) is 2.99. The van der Waals surface area contributed by atoms with Crippen LogP contribution in [0.2, 0.25) is 0 Å². The molecule has 2 aliphatic rings. The van der Waals surface area contributed by atoms with Gasteiger partial charge in [-0.15, -0.1) is 0 Å². The van der Waals surface area contributed by atoms with Gasteiger partial charge in [-0.1, -0.05) is 6.92 Å². The van der Waals surface area contributed by atoms with Crippen molar-refractivity contribution >= 4 is 5.91 Å². The van der Waals surface area contributed by atoms with Crippen LogP contribution in [-0.4, -0.2) is 61.5 Å². The summed E-state index contributed by atoms with van der Waals surface area (Å²) in [6, 6.07) is 0.464. The maximum Gasteiger partial charge on any atom is 0.227 e. The average molecular weight is 239 g/mol. The van der Waals surface area contributed by atoms with E-state index in [-0.39, 0.29) is 5.92 Å². The number of rotatable bonds is 3. The second-order valence-corrected chi connectivity index (χ2v) is 5.30. The summed E-state index contributed by atoms with van der Waals surface area (Å²) in [5, 5.41) is 3.27. The number of likely N-dealkylation sites (tertiary alicyclic amines) is 1. The number of carbonyl (C=O) groups excluding carboxylic acids is 1. The molecule has 1 unspecified atom stereocenters. The first-order valence-corrected chi connectivity index (χ1v) is 6.92. The van der Waals surface area contributed by atoms with Crippen molar-refractivity contribution in [1.29, 1.82) is 0 Å². The molecule has 2 rings (SSSR count). The van der Waals surface area contributed by atoms with Crippen LogP contribution in [-0.2, 0) is 4.79 Å². The van der Waals surface area contributed by atoms with Crippen LogP contribution in [0, 0.1) is 5.92 Å². The van der Waals surface area contributed by atoms with E-state index in [2.05, 4.69) is 17.1 Å². The normalized spacial score (nSPS) is 27.3. The quantitative estimate of drug-likeness (QED) is 0.781. The molecule has 1 N–H and O–H groups in total. The zero-order valence-electron chi connectivity index (χ0n) is 11.1. The Morgan fingerprint density at radius 2 is 2.06 bits per heavy atom. The lowest BCUT2D eigenvalue weighted by Gasteiger charge is -2.37. The molecule has 4 nitrogen and oxygen atoms in total. The fraction of sp³-hybridized carbons (Fsp3) is 0.923. The van der Waals surface area contributed by atoms with Gasteiger partial charge in [0.25, 0.3) is 0 Å². The molecule has 0 bridgehead atoms. The third-order valence-electron chi connectivity index (χ3n) is 4.31. The summed E-state index contributed by atoms with van der Waals surface area (Å²) in [6.07, 6.45) is 3.28. The Labute approximate surface area is 104 Å². The minimum atomic E-state index is 0.226. The van der Waals surface area contributed by atoms with Crippen LogP contribution >= 0.6 is 0 Å². The Hall–Kier alpha value is -0.610. The SMILES string of the molecule is CCN1CCC(N(C)C(=O)C2CCNC2)CC1. The predicted octanol–water partition coefficient (Wildman–Crippen LogP) is 0.539. The summed E-state index contributed by atoms with van der Waals surface area (Å²) < 4.78 is 0. The molecule has 0 saturated carbocycles. The van der Waals surface area contributed by atoms with E-state index in [0.29, 0.717) is 11.9 Å². The smallest absolute Gasteiger partial charge is 0.227 e. The molecule has 2 heterocycles.